The molecule has 0 bridgehead atoms. The van der Waals surface area contributed by atoms with Crippen LogP contribution in [0, 0.1) is 6.92 Å². The number of hydrogen-bond donors (Lipinski definition) is 2. The van der Waals surface area contributed by atoms with Crippen molar-refractivity contribution in [3.8, 4) is 5.75 Å². The summed E-state index contributed by atoms with van der Waals surface area (Å²) >= 11 is 0. The van der Waals surface area contributed by atoms with Gasteiger partial charge in [-0.2, -0.15) is 4.31 Å². The van der Waals surface area contributed by atoms with Crippen molar-refractivity contribution in [2.75, 3.05) is 33.3 Å². The van der Waals surface area contributed by atoms with Crippen LogP contribution in [0.5, 0.6) is 5.75 Å². The molecule has 9 heteroatoms. The first-order chi connectivity index (χ1) is 14.8. The summed E-state index contributed by atoms with van der Waals surface area (Å²) in [7, 11) is -2.04. The van der Waals surface area contributed by atoms with Gasteiger partial charge in [0, 0.05) is 48.8 Å². The lowest BCUT2D eigenvalue weighted by atomic mass is 10.0. The maximum atomic E-state index is 13.0. The summed E-state index contributed by atoms with van der Waals surface area (Å²) in [6.07, 6.45) is 1.71. The van der Waals surface area contributed by atoms with Gasteiger partial charge < -0.3 is 14.8 Å². The standard InChI is InChI=1S/C22H25N3O5S/c1-15-3-6-17(7-4-15)31(28,29)25-11-9-24(10-12-25)21(22(26)27)19-14-23-20-8-5-16(30-2)13-18(19)20/h3-8,13-14,21,23H,9-12H2,1-2H3,(H,26,27)/t21-/m1/s1. The van der Waals surface area contributed by atoms with Crippen molar-refractivity contribution in [2.45, 2.75) is 17.9 Å². The second-order valence-electron chi connectivity index (χ2n) is 7.65. The van der Waals surface area contributed by atoms with Crippen LogP contribution in [0.1, 0.15) is 17.2 Å². The van der Waals surface area contributed by atoms with Crippen LogP contribution in [-0.2, 0) is 14.8 Å². The molecule has 0 aliphatic carbocycles. The van der Waals surface area contributed by atoms with Crippen molar-refractivity contribution < 1.29 is 23.1 Å². The maximum absolute atomic E-state index is 13.0. The number of nitrogens with one attached hydrogen (secondary N) is 1. The number of carbonyl (C=O) groups is 1. The number of nitrogens with zero attached hydrogens (tertiary/aromatic N) is 2. The van der Waals surface area contributed by atoms with Gasteiger partial charge in [-0.15, -0.1) is 0 Å². The summed E-state index contributed by atoms with van der Waals surface area (Å²) in [5, 5.41) is 10.8. The van der Waals surface area contributed by atoms with E-state index >= 15 is 0 Å². The van der Waals surface area contributed by atoms with Gasteiger partial charge in [-0.05, 0) is 37.3 Å². The molecule has 1 aliphatic heterocycles. The summed E-state index contributed by atoms with van der Waals surface area (Å²) in [5.41, 5.74) is 2.45. The first-order valence-electron chi connectivity index (χ1n) is 10.00. The van der Waals surface area contributed by atoms with Crippen molar-refractivity contribution in [2.24, 2.45) is 0 Å². The van der Waals surface area contributed by atoms with Crippen molar-refractivity contribution in [3.63, 3.8) is 0 Å². The Kier molecular flexibility index (Phi) is 5.74. The lowest BCUT2D eigenvalue weighted by Crippen LogP contribution is -2.50. The number of hydrogen-bond acceptors (Lipinski definition) is 5. The molecule has 164 valence electrons. The van der Waals surface area contributed by atoms with Gasteiger partial charge in [-0.3, -0.25) is 9.69 Å². The summed E-state index contributed by atoms with van der Waals surface area (Å²) in [4.78, 5) is 17.4. The normalized spacial score (nSPS) is 17.0. The van der Waals surface area contributed by atoms with Crippen molar-refractivity contribution in [1.29, 1.82) is 0 Å². The lowest BCUT2D eigenvalue weighted by molar-refractivity contribution is -0.144. The largest absolute Gasteiger partial charge is 0.497 e. The smallest absolute Gasteiger partial charge is 0.325 e. The highest BCUT2D eigenvalue weighted by Crippen LogP contribution is 2.32. The Bertz CT molecular complexity index is 1200. The highest BCUT2D eigenvalue weighted by molar-refractivity contribution is 7.89. The molecule has 0 spiro atoms. The number of ether oxygens (including phenoxy) is 1. The Morgan fingerprint density at radius 1 is 1.10 bits per heavy atom. The van der Waals surface area contributed by atoms with Gasteiger partial charge in [0.05, 0.1) is 12.0 Å². The number of aromatic nitrogens is 1. The number of piperazine rings is 1. The van der Waals surface area contributed by atoms with E-state index in [1.54, 1.807) is 37.6 Å². The van der Waals surface area contributed by atoms with Crippen LogP contribution in [0.3, 0.4) is 0 Å². The van der Waals surface area contributed by atoms with Crippen molar-refractivity contribution >= 4 is 26.9 Å². The minimum atomic E-state index is -3.61. The zero-order valence-electron chi connectivity index (χ0n) is 17.4. The zero-order chi connectivity index (χ0) is 22.2. The summed E-state index contributed by atoms with van der Waals surface area (Å²) in [6.45, 7) is 3.00. The Morgan fingerprint density at radius 3 is 2.39 bits per heavy atom. The number of aryl methyl sites for hydroxylation is 1. The van der Waals surface area contributed by atoms with Crippen LogP contribution < -0.4 is 4.74 Å². The van der Waals surface area contributed by atoms with Crippen molar-refractivity contribution in [1.82, 2.24) is 14.2 Å². The predicted molar refractivity (Wildman–Crippen MR) is 117 cm³/mol. The van der Waals surface area contributed by atoms with E-state index in [-0.39, 0.29) is 18.0 Å². The Morgan fingerprint density at radius 2 is 1.77 bits per heavy atom. The highest BCUT2D eigenvalue weighted by Gasteiger charge is 2.35. The molecule has 1 fully saturated rings. The molecule has 4 rings (SSSR count). The van der Waals surface area contributed by atoms with E-state index in [0.29, 0.717) is 24.4 Å². The predicted octanol–water partition coefficient (Wildman–Crippen LogP) is 2.62. The van der Waals surface area contributed by atoms with Gasteiger partial charge in [-0.25, -0.2) is 8.42 Å². The highest BCUT2D eigenvalue weighted by atomic mass is 32.2. The molecular weight excluding hydrogens is 418 g/mol. The van der Waals surface area contributed by atoms with Crippen LogP contribution in [0.4, 0.5) is 0 Å². The Hall–Kier alpha value is -2.88. The second-order valence-corrected chi connectivity index (χ2v) is 9.59. The number of aromatic amines is 1. The SMILES string of the molecule is COc1ccc2[nH]cc([C@H](C(=O)O)N3CCN(S(=O)(=O)c4ccc(C)cc4)CC3)c2c1. The number of H-pyrrole nitrogens is 1. The van der Waals surface area contributed by atoms with Gasteiger partial charge in [0.2, 0.25) is 10.0 Å². The van der Waals surface area contributed by atoms with Gasteiger partial charge in [0.1, 0.15) is 11.8 Å². The van der Waals surface area contributed by atoms with Crippen LogP contribution in [-0.4, -0.2) is 67.0 Å². The molecule has 0 amide bonds. The molecule has 8 nitrogen and oxygen atoms in total. The number of carboxylic acids is 1. The number of methoxy groups -OCH3 is 1. The number of benzene rings is 2. The summed E-state index contributed by atoms with van der Waals surface area (Å²) in [5.74, 6) is -0.329. The molecule has 0 saturated carbocycles. The van der Waals surface area contributed by atoms with E-state index in [1.807, 2.05) is 30.0 Å². The quantitative estimate of drug-likeness (QED) is 0.607. The third-order valence-corrected chi connectivity index (χ3v) is 7.66. The first-order valence-corrected chi connectivity index (χ1v) is 11.4. The molecule has 1 aliphatic rings. The minimum absolute atomic E-state index is 0.228. The van der Waals surface area contributed by atoms with Crippen LogP contribution in [0.2, 0.25) is 0 Å². The number of carboxylic acid groups (broad SMARTS) is 1. The molecule has 31 heavy (non-hydrogen) atoms. The number of fused-ring (bicyclic) bond motifs is 1. The molecule has 3 aromatic rings. The molecule has 1 atom stereocenters. The number of rotatable bonds is 6. The molecule has 2 aromatic carbocycles. The molecule has 2 heterocycles. The van der Waals surface area contributed by atoms with Gasteiger partial charge in [-0.1, -0.05) is 17.7 Å². The average Bonchev–Trinajstić information content (AvgIpc) is 3.17. The van der Waals surface area contributed by atoms with E-state index in [1.165, 1.54) is 4.31 Å². The first kappa shape index (κ1) is 21.4. The van der Waals surface area contributed by atoms with E-state index < -0.39 is 22.0 Å². The van der Waals surface area contributed by atoms with Crippen LogP contribution >= 0.6 is 0 Å². The van der Waals surface area contributed by atoms with Crippen LogP contribution in [0.25, 0.3) is 10.9 Å². The lowest BCUT2D eigenvalue weighted by Gasteiger charge is -2.37. The monoisotopic (exact) mass is 443 g/mol. The minimum Gasteiger partial charge on any atom is -0.497 e. The summed E-state index contributed by atoms with van der Waals surface area (Å²) < 4.78 is 32.6. The second kappa shape index (κ2) is 8.33. The molecular formula is C22H25N3O5S. The number of sulfonamides is 1. The van der Waals surface area contributed by atoms with Gasteiger partial charge in [0.25, 0.3) is 0 Å². The molecule has 0 unspecified atom stereocenters. The van der Waals surface area contributed by atoms with E-state index in [4.69, 9.17) is 4.74 Å². The fraction of sp³-hybridized carbons (Fsp3) is 0.318. The molecule has 1 aromatic heterocycles. The average molecular weight is 444 g/mol. The Balaban J connectivity index is 1.56. The van der Waals surface area contributed by atoms with E-state index in [2.05, 4.69) is 4.98 Å². The zero-order valence-corrected chi connectivity index (χ0v) is 18.2. The maximum Gasteiger partial charge on any atom is 0.325 e. The van der Waals surface area contributed by atoms with Gasteiger partial charge in [0.15, 0.2) is 0 Å². The third kappa shape index (κ3) is 4.04. The third-order valence-electron chi connectivity index (χ3n) is 5.75. The molecule has 0 radical (unpaired) electrons. The fourth-order valence-electron chi connectivity index (χ4n) is 4.02. The Labute approximate surface area is 181 Å². The van der Waals surface area contributed by atoms with Gasteiger partial charge >= 0.3 is 5.97 Å². The fourth-order valence-corrected chi connectivity index (χ4v) is 5.44. The van der Waals surface area contributed by atoms with Crippen molar-refractivity contribution in [3.05, 3.63) is 59.8 Å². The molecule has 1 saturated heterocycles. The van der Waals surface area contributed by atoms with Crippen LogP contribution in [0.15, 0.2) is 53.6 Å². The van der Waals surface area contributed by atoms with E-state index in [0.717, 1.165) is 16.5 Å². The topological polar surface area (TPSA) is 103 Å². The number of aliphatic carboxylic acids is 1. The molecule has 2 N–H and O–H groups in total. The van der Waals surface area contributed by atoms with E-state index in [9.17, 15) is 18.3 Å². The summed E-state index contributed by atoms with van der Waals surface area (Å²) in [6, 6.07) is 11.4.